The monoisotopic (exact) mass is 317 g/mol. The van der Waals surface area contributed by atoms with Gasteiger partial charge in [-0.15, -0.1) is 0 Å². The average molecular weight is 318 g/mol. The molecular weight excluding hydrogens is 306 g/mol. The second kappa shape index (κ2) is 5.98. The highest BCUT2D eigenvalue weighted by atomic mass is 35.5. The molecule has 22 heavy (non-hydrogen) atoms. The third-order valence-electron chi connectivity index (χ3n) is 3.07. The summed E-state index contributed by atoms with van der Waals surface area (Å²) in [4.78, 5) is 24.2. The van der Waals surface area contributed by atoms with Gasteiger partial charge >= 0.3 is 0 Å². The minimum absolute atomic E-state index is 0.0995. The number of anilines is 1. The van der Waals surface area contributed by atoms with Gasteiger partial charge in [0.25, 0.3) is 0 Å². The first-order chi connectivity index (χ1) is 10.7. The Morgan fingerprint density at radius 3 is 3.05 bits per heavy atom. The first kappa shape index (κ1) is 14.3. The molecule has 3 heterocycles. The molecule has 112 valence electrons. The number of carbonyl (C=O) groups excluding carboxylic acids is 1. The van der Waals surface area contributed by atoms with Gasteiger partial charge in [-0.2, -0.15) is 0 Å². The molecule has 3 rings (SSSR count). The fourth-order valence-corrected chi connectivity index (χ4v) is 2.26. The number of carbonyl (C=O) groups is 1. The highest BCUT2D eigenvalue weighted by Crippen LogP contribution is 2.22. The van der Waals surface area contributed by atoms with Crippen LogP contribution in [0, 0.1) is 0 Å². The molecule has 0 unspecified atom stereocenters. The van der Waals surface area contributed by atoms with Crippen molar-refractivity contribution >= 4 is 34.2 Å². The van der Waals surface area contributed by atoms with Crippen molar-refractivity contribution in [2.45, 2.75) is 6.54 Å². The highest BCUT2D eigenvalue weighted by molar-refractivity contribution is 6.33. The van der Waals surface area contributed by atoms with Crippen LogP contribution in [0.2, 0.25) is 5.02 Å². The van der Waals surface area contributed by atoms with Crippen LogP contribution in [0.15, 0.2) is 37.1 Å². The number of amides is 1. The summed E-state index contributed by atoms with van der Waals surface area (Å²) in [6.45, 7) is 0.0995. The third-order valence-corrected chi connectivity index (χ3v) is 3.37. The van der Waals surface area contributed by atoms with Gasteiger partial charge in [0.1, 0.15) is 18.5 Å². The molecule has 0 fully saturated rings. The normalized spacial score (nSPS) is 10.6. The second-order valence-electron chi connectivity index (χ2n) is 4.47. The average Bonchev–Trinajstić information content (AvgIpc) is 2.92. The van der Waals surface area contributed by atoms with Gasteiger partial charge in [0.05, 0.1) is 23.2 Å². The number of hydrogen-bond acceptors (Lipinski definition) is 5. The lowest BCUT2D eigenvalue weighted by Gasteiger charge is -2.08. The Morgan fingerprint density at radius 2 is 2.27 bits per heavy atom. The van der Waals surface area contributed by atoms with Gasteiger partial charge in [0, 0.05) is 18.6 Å². The SMILES string of the molecule is COc1ncnc2c1ccn2CC(=O)Nc1ccncc1Cl. The number of hydrogen-bond donors (Lipinski definition) is 1. The molecule has 0 aliphatic carbocycles. The Hall–Kier alpha value is -2.67. The van der Waals surface area contributed by atoms with Crippen LogP contribution in [0.25, 0.3) is 11.0 Å². The molecule has 3 aromatic rings. The molecule has 0 bridgehead atoms. The number of methoxy groups -OCH3 is 1. The Bertz CT molecular complexity index is 833. The van der Waals surface area contributed by atoms with E-state index in [1.807, 2.05) is 0 Å². The summed E-state index contributed by atoms with van der Waals surface area (Å²) in [5, 5.41) is 3.87. The Kier molecular flexibility index (Phi) is 3.88. The molecule has 0 spiro atoms. The quantitative estimate of drug-likeness (QED) is 0.797. The maximum Gasteiger partial charge on any atom is 0.244 e. The zero-order chi connectivity index (χ0) is 15.5. The summed E-state index contributed by atoms with van der Waals surface area (Å²) >= 11 is 5.96. The molecule has 0 aliphatic heterocycles. The largest absolute Gasteiger partial charge is 0.480 e. The molecule has 1 amide bonds. The number of nitrogens with one attached hydrogen (secondary N) is 1. The molecular formula is C14H12ClN5O2. The van der Waals surface area contributed by atoms with Crippen molar-refractivity contribution in [3.8, 4) is 5.88 Å². The van der Waals surface area contributed by atoms with Gasteiger partial charge in [-0.3, -0.25) is 9.78 Å². The van der Waals surface area contributed by atoms with E-state index in [9.17, 15) is 4.79 Å². The van der Waals surface area contributed by atoms with Crippen LogP contribution >= 0.6 is 11.6 Å². The van der Waals surface area contributed by atoms with Crippen molar-refractivity contribution in [3.63, 3.8) is 0 Å². The number of fused-ring (bicyclic) bond motifs is 1. The molecule has 8 heteroatoms. The lowest BCUT2D eigenvalue weighted by Crippen LogP contribution is -2.18. The van der Waals surface area contributed by atoms with Crippen LogP contribution in [0.4, 0.5) is 5.69 Å². The van der Waals surface area contributed by atoms with Gasteiger partial charge in [0.15, 0.2) is 0 Å². The maximum atomic E-state index is 12.1. The van der Waals surface area contributed by atoms with Crippen molar-refractivity contribution in [3.05, 3.63) is 42.1 Å². The number of nitrogens with zero attached hydrogens (tertiary/aromatic N) is 4. The van der Waals surface area contributed by atoms with Crippen LogP contribution in [-0.2, 0) is 11.3 Å². The second-order valence-corrected chi connectivity index (χ2v) is 4.87. The van der Waals surface area contributed by atoms with Crippen molar-refractivity contribution in [1.29, 1.82) is 0 Å². The minimum atomic E-state index is -0.219. The lowest BCUT2D eigenvalue weighted by atomic mass is 10.4. The molecule has 0 saturated heterocycles. The molecule has 3 aromatic heterocycles. The summed E-state index contributed by atoms with van der Waals surface area (Å²) in [6, 6.07) is 3.44. The Morgan fingerprint density at radius 1 is 1.41 bits per heavy atom. The van der Waals surface area contributed by atoms with Crippen molar-refractivity contribution in [1.82, 2.24) is 19.5 Å². The van der Waals surface area contributed by atoms with Crippen LogP contribution in [0.3, 0.4) is 0 Å². The highest BCUT2D eigenvalue weighted by Gasteiger charge is 2.12. The first-order valence-corrected chi connectivity index (χ1v) is 6.80. The fourth-order valence-electron chi connectivity index (χ4n) is 2.09. The summed E-state index contributed by atoms with van der Waals surface area (Å²) in [5.41, 5.74) is 1.15. The maximum absolute atomic E-state index is 12.1. The van der Waals surface area contributed by atoms with E-state index in [1.165, 1.54) is 19.6 Å². The zero-order valence-corrected chi connectivity index (χ0v) is 12.4. The molecule has 7 nitrogen and oxygen atoms in total. The van der Waals surface area contributed by atoms with Crippen molar-refractivity contribution in [2.24, 2.45) is 0 Å². The summed E-state index contributed by atoms with van der Waals surface area (Å²) < 4.78 is 6.88. The number of rotatable bonds is 4. The van der Waals surface area contributed by atoms with E-state index in [-0.39, 0.29) is 12.5 Å². The smallest absolute Gasteiger partial charge is 0.244 e. The van der Waals surface area contributed by atoms with Crippen molar-refractivity contribution < 1.29 is 9.53 Å². The van der Waals surface area contributed by atoms with E-state index >= 15 is 0 Å². The number of aromatic nitrogens is 4. The first-order valence-electron chi connectivity index (χ1n) is 6.42. The Labute approximate surface area is 130 Å². The van der Waals surface area contributed by atoms with E-state index in [4.69, 9.17) is 16.3 Å². The summed E-state index contributed by atoms with van der Waals surface area (Å²) in [6.07, 6.45) is 6.19. The molecule has 0 saturated carbocycles. The van der Waals surface area contributed by atoms with E-state index in [1.54, 1.807) is 29.1 Å². The standard InChI is InChI=1S/C14H12ClN5O2/c1-22-14-9-3-5-20(13(9)17-8-18-14)7-12(21)19-11-2-4-16-6-10(11)15/h2-6,8H,7H2,1H3,(H,16,19,21). The predicted molar refractivity (Wildman–Crippen MR) is 82.0 cm³/mol. The molecule has 0 aliphatic rings. The van der Waals surface area contributed by atoms with Crippen LogP contribution in [0.5, 0.6) is 5.88 Å². The predicted octanol–water partition coefficient (Wildman–Crippen LogP) is 2.13. The van der Waals surface area contributed by atoms with E-state index < -0.39 is 0 Å². The van der Waals surface area contributed by atoms with Gasteiger partial charge in [0.2, 0.25) is 11.8 Å². The topological polar surface area (TPSA) is 81.9 Å². The molecule has 0 radical (unpaired) electrons. The van der Waals surface area contributed by atoms with Gasteiger partial charge in [-0.1, -0.05) is 11.6 Å². The Balaban J connectivity index is 1.82. The van der Waals surface area contributed by atoms with Gasteiger partial charge in [-0.05, 0) is 12.1 Å². The zero-order valence-electron chi connectivity index (χ0n) is 11.7. The van der Waals surface area contributed by atoms with E-state index in [0.717, 1.165) is 5.39 Å². The van der Waals surface area contributed by atoms with Gasteiger partial charge in [-0.25, -0.2) is 9.97 Å². The molecule has 1 N–H and O–H groups in total. The van der Waals surface area contributed by atoms with Gasteiger partial charge < -0.3 is 14.6 Å². The fraction of sp³-hybridized carbons (Fsp3) is 0.143. The number of halogens is 1. The minimum Gasteiger partial charge on any atom is -0.480 e. The van der Waals surface area contributed by atoms with Crippen LogP contribution < -0.4 is 10.1 Å². The van der Waals surface area contributed by atoms with E-state index in [0.29, 0.717) is 22.2 Å². The molecule has 0 aromatic carbocycles. The third kappa shape index (κ3) is 2.71. The van der Waals surface area contributed by atoms with Crippen molar-refractivity contribution in [2.75, 3.05) is 12.4 Å². The summed E-state index contributed by atoms with van der Waals surface area (Å²) in [7, 11) is 1.54. The van der Waals surface area contributed by atoms with Crippen LogP contribution in [0.1, 0.15) is 0 Å². The van der Waals surface area contributed by atoms with Crippen LogP contribution in [-0.4, -0.2) is 32.5 Å². The van der Waals surface area contributed by atoms with E-state index in [2.05, 4.69) is 20.3 Å². The molecule has 0 atom stereocenters. The number of pyridine rings is 1. The lowest BCUT2D eigenvalue weighted by molar-refractivity contribution is -0.116. The number of ether oxygens (including phenoxy) is 1. The summed E-state index contributed by atoms with van der Waals surface area (Å²) in [5.74, 6) is 0.254.